The topological polar surface area (TPSA) is 37.5 Å². The predicted octanol–water partition coefficient (Wildman–Crippen LogP) is 3.57. The van der Waals surface area contributed by atoms with Gasteiger partial charge in [0.25, 0.3) is 0 Å². The molecule has 1 unspecified atom stereocenters. The van der Waals surface area contributed by atoms with Gasteiger partial charge in [-0.1, -0.05) is 22.0 Å². The second-order valence-electron chi connectivity index (χ2n) is 4.18. The van der Waals surface area contributed by atoms with Gasteiger partial charge in [-0.25, -0.2) is 9.37 Å². The lowest BCUT2D eigenvalue weighted by atomic mass is 10.0. The highest BCUT2D eigenvalue weighted by atomic mass is 79.9. The van der Waals surface area contributed by atoms with Gasteiger partial charge in [0.2, 0.25) is 0 Å². The zero-order chi connectivity index (χ0) is 13.4. The molecule has 2 aromatic heterocycles. The van der Waals surface area contributed by atoms with Gasteiger partial charge in [0.1, 0.15) is 5.82 Å². The molecule has 3 aromatic rings. The summed E-state index contributed by atoms with van der Waals surface area (Å²) in [6.07, 6.45) is 3.12. The molecule has 1 N–H and O–H groups in total. The van der Waals surface area contributed by atoms with Crippen LogP contribution in [0, 0.1) is 5.82 Å². The van der Waals surface area contributed by atoms with Crippen LogP contribution in [0.3, 0.4) is 0 Å². The SMILES string of the molecule is OC(Cc1cn2ccsc2n1)c1c(F)cccc1Br. The number of thiazole rings is 1. The Morgan fingerprint density at radius 3 is 3.05 bits per heavy atom. The Kier molecular flexibility index (Phi) is 3.38. The van der Waals surface area contributed by atoms with E-state index in [-0.39, 0.29) is 12.0 Å². The van der Waals surface area contributed by atoms with Crippen LogP contribution in [0.4, 0.5) is 4.39 Å². The number of nitrogens with zero attached hydrogens (tertiary/aromatic N) is 2. The predicted molar refractivity (Wildman–Crippen MR) is 75.8 cm³/mol. The molecule has 98 valence electrons. The van der Waals surface area contributed by atoms with Gasteiger partial charge >= 0.3 is 0 Å². The van der Waals surface area contributed by atoms with Crippen molar-refractivity contribution < 1.29 is 9.50 Å². The summed E-state index contributed by atoms with van der Waals surface area (Å²) in [6.45, 7) is 0. The van der Waals surface area contributed by atoms with Gasteiger partial charge in [-0.15, -0.1) is 11.3 Å². The molecule has 2 heterocycles. The molecule has 0 saturated heterocycles. The van der Waals surface area contributed by atoms with Crippen LogP contribution in [0.5, 0.6) is 0 Å². The number of hydrogen-bond donors (Lipinski definition) is 1. The van der Waals surface area contributed by atoms with Crippen LogP contribution in [-0.2, 0) is 6.42 Å². The molecule has 3 rings (SSSR count). The van der Waals surface area contributed by atoms with Crippen molar-refractivity contribution in [2.45, 2.75) is 12.5 Å². The summed E-state index contributed by atoms with van der Waals surface area (Å²) in [6, 6.07) is 4.66. The van der Waals surface area contributed by atoms with E-state index < -0.39 is 11.9 Å². The minimum atomic E-state index is -0.916. The van der Waals surface area contributed by atoms with Gasteiger partial charge in [0.15, 0.2) is 4.96 Å². The molecular weight excluding hydrogens is 331 g/mol. The fourth-order valence-electron chi connectivity index (χ4n) is 2.00. The summed E-state index contributed by atoms with van der Waals surface area (Å²) in [7, 11) is 0. The largest absolute Gasteiger partial charge is 0.388 e. The Labute approximate surface area is 121 Å². The summed E-state index contributed by atoms with van der Waals surface area (Å²) in [5, 5.41) is 12.1. The van der Waals surface area contributed by atoms with Crippen LogP contribution in [0.2, 0.25) is 0 Å². The average molecular weight is 341 g/mol. The van der Waals surface area contributed by atoms with Crippen molar-refractivity contribution in [2.75, 3.05) is 0 Å². The number of halogens is 2. The van der Waals surface area contributed by atoms with Gasteiger partial charge in [-0.2, -0.15) is 0 Å². The first kappa shape index (κ1) is 12.8. The van der Waals surface area contributed by atoms with E-state index in [1.807, 2.05) is 22.2 Å². The smallest absolute Gasteiger partial charge is 0.193 e. The fourth-order valence-corrected chi connectivity index (χ4v) is 3.33. The minimum absolute atomic E-state index is 0.277. The molecular formula is C13H10BrFN2OS. The summed E-state index contributed by atoms with van der Waals surface area (Å²) in [5.74, 6) is -0.414. The number of aliphatic hydroxyl groups excluding tert-OH is 1. The van der Waals surface area contributed by atoms with E-state index in [0.29, 0.717) is 4.47 Å². The zero-order valence-electron chi connectivity index (χ0n) is 9.75. The molecule has 0 bridgehead atoms. The number of aliphatic hydroxyl groups is 1. The molecule has 0 fully saturated rings. The molecule has 1 aromatic carbocycles. The zero-order valence-corrected chi connectivity index (χ0v) is 12.2. The standard InChI is InChI=1S/C13H10BrFN2OS/c14-9-2-1-3-10(15)12(9)11(18)6-8-7-17-4-5-19-13(17)16-8/h1-5,7,11,18H,6H2. The normalized spacial score (nSPS) is 13.0. The second-order valence-corrected chi connectivity index (χ2v) is 5.91. The van der Waals surface area contributed by atoms with Crippen LogP contribution >= 0.6 is 27.3 Å². The lowest BCUT2D eigenvalue weighted by Gasteiger charge is -2.12. The highest BCUT2D eigenvalue weighted by molar-refractivity contribution is 9.10. The van der Waals surface area contributed by atoms with Crippen molar-refractivity contribution >= 4 is 32.2 Å². The number of aromatic nitrogens is 2. The third-order valence-corrected chi connectivity index (χ3v) is 4.34. The molecule has 1 atom stereocenters. The molecule has 0 aliphatic heterocycles. The van der Waals surface area contributed by atoms with Crippen molar-refractivity contribution in [3.8, 4) is 0 Å². The number of rotatable bonds is 3. The third kappa shape index (κ3) is 2.43. The molecule has 0 radical (unpaired) electrons. The monoisotopic (exact) mass is 340 g/mol. The van der Waals surface area contributed by atoms with E-state index in [9.17, 15) is 9.50 Å². The van der Waals surface area contributed by atoms with Crippen LogP contribution in [0.25, 0.3) is 4.96 Å². The molecule has 3 nitrogen and oxygen atoms in total. The number of fused-ring (bicyclic) bond motifs is 1. The van der Waals surface area contributed by atoms with Crippen LogP contribution in [-0.4, -0.2) is 14.5 Å². The number of imidazole rings is 1. The highest BCUT2D eigenvalue weighted by Gasteiger charge is 2.18. The summed E-state index contributed by atoms with van der Waals surface area (Å²) in [5.41, 5.74) is 1.02. The molecule has 6 heteroatoms. The van der Waals surface area contributed by atoms with Crippen LogP contribution in [0.15, 0.2) is 40.4 Å². The van der Waals surface area contributed by atoms with Crippen molar-refractivity contribution in [1.29, 1.82) is 0 Å². The molecule has 0 amide bonds. The fraction of sp³-hybridized carbons (Fsp3) is 0.154. The Hall–Kier alpha value is -1.24. The maximum absolute atomic E-state index is 13.7. The lowest BCUT2D eigenvalue weighted by Crippen LogP contribution is -2.05. The van der Waals surface area contributed by atoms with Crippen LogP contribution < -0.4 is 0 Å². The Balaban J connectivity index is 1.88. The average Bonchev–Trinajstić information content (AvgIpc) is 2.89. The Morgan fingerprint density at radius 1 is 1.47 bits per heavy atom. The van der Waals surface area contributed by atoms with Gasteiger partial charge in [0.05, 0.1) is 11.8 Å². The summed E-state index contributed by atoms with van der Waals surface area (Å²) < 4.78 is 16.2. The highest BCUT2D eigenvalue weighted by Crippen LogP contribution is 2.28. The quantitative estimate of drug-likeness (QED) is 0.791. The third-order valence-electron chi connectivity index (χ3n) is 2.88. The second kappa shape index (κ2) is 5.03. The lowest BCUT2D eigenvalue weighted by molar-refractivity contribution is 0.171. The molecule has 19 heavy (non-hydrogen) atoms. The van der Waals surface area contributed by atoms with Gasteiger partial charge < -0.3 is 5.11 Å². The van der Waals surface area contributed by atoms with Crippen molar-refractivity contribution in [2.24, 2.45) is 0 Å². The Bertz CT molecular complexity index is 676. The number of benzene rings is 1. The van der Waals surface area contributed by atoms with E-state index in [2.05, 4.69) is 20.9 Å². The van der Waals surface area contributed by atoms with Crippen molar-refractivity contribution in [1.82, 2.24) is 9.38 Å². The van der Waals surface area contributed by atoms with Crippen molar-refractivity contribution in [3.63, 3.8) is 0 Å². The summed E-state index contributed by atoms with van der Waals surface area (Å²) >= 11 is 4.79. The van der Waals surface area contributed by atoms with Crippen molar-refractivity contribution in [3.05, 3.63) is 57.5 Å². The first-order chi connectivity index (χ1) is 9.15. The van der Waals surface area contributed by atoms with E-state index in [1.54, 1.807) is 12.1 Å². The maximum Gasteiger partial charge on any atom is 0.193 e. The van der Waals surface area contributed by atoms with E-state index >= 15 is 0 Å². The van der Waals surface area contributed by atoms with Gasteiger partial charge in [0, 0.05) is 34.2 Å². The molecule has 0 aliphatic rings. The molecule has 0 aliphatic carbocycles. The maximum atomic E-state index is 13.7. The van der Waals surface area contributed by atoms with Gasteiger partial charge in [-0.05, 0) is 12.1 Å². The van der Waals surface area contributed by atoms with E-state index in [4.69, 9.17) is 0 Å². The van der Waals surface area contributed by atoms with Crippen LogP contribution in [0.1, 0.15) is 17.4 Å². The number of hydrogen-bond acceptors (Lipinski definition) is 3. The first-order valence-corrected chi connectivity index (χ1v) is 7.35. The molecule has 0 saturated carbocycles. The summed E-state index contributed by atoms with van der Waals surface area (Å²) in [4.78, 5) is 5.25. The molecule has 0 spiro atoms. The van der Waals surface area contributed by atoms with E-state index in [0.717, 1.165) is 10.7 Å². The van der Waals surface area contributed by atoms with E-state index in [1.165, 1.54) is 17.4 Å². The first-order valence-electron chi connectivity index (χ1n) is 5.68. The van der Waals surface area contributed by atoms with Gasteiger partial charge in [-0.3, -0.25) is 4.40 Å². The minimum Gasteiger partial charge on any atom is -0.388 e. The Morgan fingerprint density at radius 2 is 2.32 bits per heavy atom.